The van der Waals surface area contributed by atoms with Crippen LogP contribution in [-0.4, -0.2) is 81.5 Å². The summed E-state index contributed by atoms with van der Waals surface area (Å²) in [5, 5.41) is 2.14. The lowest BCUT2D eigenvalue weighted by Gasteiger charge is -2.30. The molecule has 0 heterocycles. The molecular formula is C112H144BBrCl2O13S3Si2. The molecule has 0 aliphatic rings. The number of rotatable bonds is 53. The molecule has 0 bridgehead atoms. The maximum Gasteiger partial charge on any atom is 0.206 e. The van der Waals surface area contributed by atoms with Crippen molar-refractivity contribution in [3.05, 3.63) is 323 Å². The van der Waals surface area contributed by atoms with Gasteiger partial charge in [0.05, 0.1) is 80.3 Å². The molecule has 22 heteroatoms. The number of hydrogen-bond acceptors (Lipinski definition) is 13. The monoisotopic (exact) mass is 2010 g/mol. The lowest BCUT2D eigenvalue weighted by atomic mass is 9.76. The number of benzene rings is 10. The minimum absolute atomic E-state index is 0.165. The molecule has 10 rings (SSSR count). The van der Waals surface area contributed by atoms with Crippen LogP contribution in [0.1, 0.15) is 206 Å². The quantitative estimate of drug-likeness (QED) is 0.0116. The van der Waals surface area contributed by atoms with Crippen LogP contribution in [0.3, 0.4) is 0 Å². The van der Waals surface area contributed by atoms with Crippen LogP contribution in [0.15, 0.2) is 309 Å². The number of aryl methyl sites for hydroxylation is 2. The van der Waals surface area contributed by atoms with Crippen molar-refractivity contribution in [1.29, 1.82) is 0 Å². The number of sulfone groups is 3. The standard InChI is InChI=1S/C86H110O10S2Si2.C13H23BrO.C12H8Cl2O2S.CH3B/c1-14-72(15-2)92-60-26-24-22-23-25-27-61-93-74-38-32-68(33-39-74)85(9,10)69-34-40-75(41-35-69)94-76-44-52-80(53-45-76)98(89,90)82-56-48-78(49-57-82)96-84-59-37-71(65-67(84)31-29-63-100(19-6,20-7)21-8)86(11,12)70-36-58-83(66(64-70)30-28-62-99(16-3,17-4)18-5)95-77-46-54-81(55-47-77)97(87,88)79-50-42-73(91-13)43-51-79;1-3-13(4-2)15-12-10-8-6-5-7-9-11-14;13-9-1-5-11(6-2-9)17(15,16)12-7-3-10(14)4-8-12;1-2/h14-15,32-59,64-65H,1,16-31,60-63H2,2-13H3;3-4H,1,5-12H2,2H3;1-8H;1H3/b72-15+;13-4+;;. The van der Waals surface area contributed by atoms with Gasteiger partial charge in [0, 0.05) is 26.2 Å². The molecule has 0 unspecified atom stereocenters. The fourth-order valence-corrected chi connectivity index (χ4v) is 27.8. The van der Waals surface area contributed by atoms with Gasteiger partial charge in [0.15, 0.2) is 0 Å². The summed E-state index contributed by atoms with van der Waals surface area (Å²) >= 11 is 14.9. The van der Waals surface area contributed by atoms with E-state index in [9.17, 15) is 25.3 Å². The van der Waals surface area contributed by atoms with Gasteiger partial charge in [-0.25, -0.2) is 25.3 Å². The Hall–Kier alpha value is -8.83. The molecular weight excluding hydrogens is 1870 g/mol. The molecule has 0 aromatic heterocycles. The minimum atomic E-state index is -3.88. The summed E-state index contributed by atoms with van der Waals surface area (Å²) in [6.07, 6.45) is 25.7. The Morgan fingerprint density at radius 1 is 0.358 bits per heavy atom. The largest absolute Gasteiger partial charge is 0.497 e. The van der Waals surface area contributed by atoms with Gasteiger partial charge in [0.2, 0.25) is 29.5 Å². The molecule has 13 nitrogen and oxygen atoms in total. The van der Waals surface area contributed by atoms with Gasteiger partial charge in [-0.3, -0.25) is 0 Å². The van der Waals surface area contributed by atoms with E-state index in [1.807, 2.05) is 38.1 Å². The predicted octanol–water partition coefficient (Wildman–Crippen LogP) is 33.0. The topological polar surface area (TPSA) is 167 Å². The number of unbranched alkanes of at least 4 members (excludes halogenated alkanes) is 10. The maximum atomic E-state index is 14.2. The minimum Gasteiger partial charge on any atom is -0.497 e. The zero-order valence-corrected chi connectivity index (χ0v) is 89.3. The van der Waals surface area contributed by atoms with Crippen molar-refractivity contribution in [1.82, 2.24) is 0 Å². The van der Waals surface area contributed by atoms with Gasteiger partial charge in [0.1, 0.15) is 57.5 Å². The third-order valence-corrected chi connectivity index (χ3v) is 44.3. The van der Waals surface area contributed by atoms with E-state index in [0.717, 1.165) is 127 Å². The first-order valence-electron chi connectivity index (χ1n) is 47.7. The van der Waals surface area contributed by atoms with Gasteiger partial charge in [-0.15, -0.1) is 0 Å². The van der Waals surface area contributed by atoms with Crippen molar-refractivity contribution in [2.24, 2.45) is 0 Å². The first-order valence-corrected chi connectivity index (χ1v) is 59.7. The lowest BCUT2D eigenvalue weighted by Crippen LogP contribution is -2.31. The summed E-state index contributed by atoms with van der Waals surface area (Å²) in [7, 11) is -7.89. The van der Waals surface area contributed by atoms with E-state index in [-0.39, 0.29) is 34.8 Å². The zero-order valence-electron chi connectivity index (χ0n) is 81.7. The Morgan fingerprint density at radius 2 is 0.627 bits per heavy atom. The van der Waals surface area contributed by atoms with E-state index in [1.54, 1.807) is 141 Å². The fraction of sp³-hybridized carbons (Fsp3) is 0.393. The number of halogens is 3. The summed E-state index contributed by atoms with van der Waals surface area (Å²) < 4.78 is 122. The van der Waals surface area contributed by atoms with Gasteiger partial charge in [-0.2, -0.15) is 0 Å². The van der Waals surface area contributed by atoms with Crippen molar-refractivity contribution in [3.63, 3.8) is 0 Å². The Balaban J connectivity index is 0.000000600. The van der Waals surface area contributed by atoms with Crippen LogP contribution in [-0.2, 0) is 62.7 Å². The third-order valence-electron chi connectivity index (χ3n) is 26.1. The molecule has 10 aromatic carbocycles. The molecule has 0 saturated carbocycles. The molecule has 10 aromatic rings. The van der Waals surface area contributed by atoms with E-state index in [4.69, 9.17) is 56.4 Å². The lowest BCUT2D eigenvalue weighted by molar-refractivity contribution is 0.216. The normalized spacial score (nSPS) is 12.1. The summed E-state index contributed by atoms with van der Waals surface area (Å²) in [5.74, 6) is 7.03. The number of allylic oxidation sites excluding steroid dienone is 4. The van der Waals surface area contributed by atoms with Gasteiger partial charge >= 0.3 is 0 Å². The van der Waals surface area contributed by atoms with Crippen molar-refractivity contribution in [2.75, 3.05) is 32.3 Å². The molecule has 0 N–H and O–H groups in total. The van der Waals surface area contributed by atoms with Crippen LogP contribution in [0.4, 0.5) is 0 Å². The van der Waals surface area contributed by atoms with E-state index >= 15 is 0 Å². The molecule has 134 heavy (non-hydrogen) atoms. The van der Waals surface area contributed by atoms with Crippen LogP contribution in [0.25, 0.3) is 0 Å². The summed E-state index contributed by atoms with van der Waals surface area (Å²) in [6.45, 7) is 38.3. The number of hydrogen-bond donors (Lipinski definition) is 0. The van der Waals surface area contributed by atoms with E-state index in [2.05, 4.69) is 179 Å². The van der Waals surface area contributed by atoms with Crippen molar-refractivity contribution >= 4 is 92.6 Å². The van der Waals surface area contributed by atoms with E-state index in [0.29, 0.717) is 45.4 Å². The highest BCUT2D eigenvalue weighted by atomic mass is 79.9. The second-order valence-corrected chi connectivity index (χ2v) is 53.6. The molecule has 2 radical (unpaired) electrons. The van der Waals surface area contributed by atoms with E-state index in [1.165, 1.54) is 136 Å². The fourth-order valence-electron chi connectivity index (χ4n) is 16.4. The van der Waals surface area contributed by atoms with E-state index < -0.39 is 51.1 Å². The highest BCUT2D eigenvalue weighted by molar-refractivity contribution is 9.09. The first kappa shape index (κ1) is 112. The third kappa shape index (κ3) is 33.5. The smallest absolute Gasteiger partial charge is 0.206 e. The van der Waals surface area contributed by atoms with Crippen molar-refractivity contribution in [2.45, 2.75) is 281 Å². The first-order chi connectivity index (χ1) is 64.4. The second kappa shape index (κ2) is 56.8. The molecule has 0 atom stereocenters. The molecule has 0 amide bonds. The molecule has 0 aliphatic heterocycles. The van der Waals surface area contributed by atoms with Crippen molar-refractivity contribution in [3.8, 4) is 46.0 Å². The van der Waals surface area contributed by atoms with Gasteiger partial charge in [-0.1, -0.05) is 289 Å². The second-order valence-electron chi connectivity index (χ2n) is 34.9. The van der Waals surface area contributed by atoms with Gasteiger partial charge < -0.3 is 33.2 Å². The zero-order chi connectivity index (χ0) is 97.8. The molecule has 0 saturated heterocycles. The SMILES string of the molecule is C=C/C(=C\C)OCCCCCCCCBr.C=C/C(=C\C)OCCCCCCCCOc1ccc(C(C)(C)c2ccc(Oc3ccc(S(=O)(=O)c4ccc(Oc5ccc(C(C)(C)c6ccc(Oc7ccc(S(=O)(=O)c8ccc(OC)cc8)cc7)c(CCC[Si](CC)(CC)CC)c6)cc5CCC[Si](CC)(CC)CC)cc4)cc3)cc2)cc1.O=S(=O)(c1ccc(Cl)cc1)c1ccc(Cl)cc1.[B]C. The van der Waals surface area contributed by atoms with Crippen LogP contribution in [0.5, 0.6) is 46.0 Å². The Labute approximate surface area is 826 Å². The Kier molecular flexibility index (Phi) is 47.5. The summed E-state index contributed by atoms with van der Waals surface area (Å²) in [6, 6.07) is 78.3. The average molecular weight is 2010 g/mol. The molecule has 720 valence electrons. The van der Waals surface area contributed by atoms with Crippen LogP contribution in [0, 0.1) is 0 Å². The number of alkyl halides is 1. The predicted molar refractivity (Wildman–Crippen MR) is 569 cm³/mol. The number of methoxy groups -OCH3 is 1. The van der Waals surface area contributed by atoms with Crippen LogP contribution >= 0.6 is 39.1 Å². The Morgan fingerprint density at radius 3 is 0.933 bits per heavy atom. The highest BCUT2D eigenvalue weighted by Crippen LogP contribution is 2.43. The van der Waals surface area contributed by atoms with Crippen molar-refractivity contribution < 1.29 is 58.4 Å². The molecule has 0 spiro atoms. The average Bonchev–Trinajstić information content (AvgIpc) is 0.779. The van der Waals surface area contributed by atoms with Gasteiger partial charge in [-0.05, 0) is 292 Å². The molecule has 0 aliphatic carbocycles. The summed E-state index contributed by atoms with van der Waals surface area (Å²) in [5.41, 5.74) is 6.19. The number of ether oxygens (including phenoxy) is 7. The maximum absolute atomic E-state index is 14.2. The van der Waals surface area contributed by atoms with Gasteiger partial charge in [0.25, 0.3) is 0 Å². The van der Waals surface area contributed by atoms with Crippen LogP contribution < -0.4 is 23.7 Å². The summed E-state index contributed by atoms with van der Waals surface area (Å²) in [4.78, 5) is 1.14. The molecule has 0 fully saturated rings. The highest BCUT2D eigenvalue weighted by Gasteiger charge is 2.32. The Bertz CT molecular complexity index is 5550. The van der Waals surface area contributed by atoms with Crippen LogP contribution in [0.2, 0.25) is 65.2 Å².